The van der Waals surface area contributed by atoms with E-state index in [-0.39, 0.29) is 17.2 Å². The van der Waals surface area contributed by atoms with Crippen molar-refractivity contribution in [3.8, 4) is 11.5 Å². The monoisotopic (exact) mass is 513 g/mol. The third-order valence-electron chi connectivity index (χ3n) is 6.62. The molecule has 202 valence electrons. The second-order valence-electron chi connectivity index (χ2n) is 10.1. The van der Waals surface area contributed by atoms with Crippen molar-refractivity contribution in [3.05, 3.63) is 57.6 Å². The molecular formula is C29H39NO7. The molecule has 8 heteroatoms. The van der Waals surface area contributed by atoms with Crippen LogP contribution < -0.4 is 10.4 Å². The summed E-state index contributed by atoms with van der Waals surface area (Å²) in [7, 11) is 1.26. The van der Waals surface area contributed by atoms with E-state index in [2.05, 4.69) is 9.73 Å². The van der Waals surface area contributed by atoms with Crippen molar-refractivity contribution >= 4 is 18.1 Å². The van der Waals surface area contributed by atoms with Gasteiger partial charge in [0.25, 0.3) is 0 Å². The number of nitrogens with zero attached hydrogens (tertiary/aromatic N) is 1. The Hall–Kier alpha value is -3.42. The number of rotatable bonds is 13. The zero-order chi connectivity index (χ0) is 27.6. The minimum atomic E-state index is -0.836. The maximum absolute atomic E-state index is 13.3. The summed E-state index contributed by atoms with van der Waals surface area (Å²) in [6.45, 7) is 10.2. The van der Waals surface area contributed by atoms with Gasteiger partial charge >= 0.3 is 11.7 Å². The first-order valence-electron chi connectivity index (χ1n) is 12.7. The molecule has 1 aromatic heterocycles. The number of carbonyl (C=O) groups is 2. The van der Waals surface area contributed by atoms with Gasteiger partial charge in [0, 0.05) is 24.1 Å². The number of ketones is 1. The fourth-order valence-electron chi connectivity index (χ4n) is 4.03. The number of Topliss-reactive ketones (excluding diaryl/α,β-unsaturated/α-hetero) is 1. The van der Waals surface area contributed by atoms with Crippen LogP contribution in [0.2, 0.25) is 0 Å². The molecule has 0 saturated carbocycles. The van der Waals surface area contributed by atoms with Gasteiger partial charge in [-0.25, -0.2) is 9.59 Å². The molecule has 0 aliphatic heterocycles. The molecule has 2 aromatic rings. The fourth-order valence-corrected chi connectivity index (χ4v) is 4.03. The second-order valence-corrected chi connectivity index (χ2v) is 10.1. The molecule has 0 aliphatic carbocycles. The third kappa shape index (κ3) is 8.58. The van der Waals surface area contributed by atoms with Crippen molar-refractivity contribution in [2.45, 2.75) is 72.6 Å². The number of hydrogen-bond donors (Lipinski definition) is 1. The highest BCUT2D eigenvalue weighted by Crippen LogP contribution is 2.35. The average Bonchev–Trinajstić information content (AvgIpc) is 2.85. The number of ether oxygens (including phenoxy) is 2. The molecule has 8 nitrogen and oxygen atoms in total. The molecule has 0 bridgehead atoms. The molecule has 2 atom stereocenters. The predicted molar refractivity (Wildman–Crippen MR) is 143 cm³/mol. The van der Waals surface area contributed by atoms with E-state index in [1.807, 2.05) is 52.0 Å². The highest BCUT2D eigenvalue weighted by Gasteiger charge is 2.35. The number of aromatic hydroxyl groups is 1. The lowest BCUT2D eigenvalue weighted by Crippen LogP contribution is -2.33. The van der Waals surface area contributed by atoms with E-state index in [0.29, 0.717) is 38.1 Å². The Morgan fingerprint density at radius 1 is 1.22 bits per heavy atom. The van der Waals surface area contributed by atoms with Gasteiger partial charge in [-0.15, -0.1) is 0 Å². The second kappa shape index (κ2) is 13.8. The third-order valence-corrected chi connectivity index (χ3v) is 6.62. The maximum atomic E-state index is 13.3. The van der Waals surface area contributed by atoms with E-state index in [9.17, 15) is 19.5 Å². The van der Waals surface area contributed by atoms with Crippen LogP contribution in [0.25, 0.3) is 0 Å². The molecule has 1 heterocycles. The number of benzene rings is 1. The van der Waals surface area contributed by atoms with E-state index >= 15 is 0 Å². The Balaban J connectivity index is 2.11. The summed E-state index contributed by atoms with van der Waals surface area (Å²) in [5.74, 6) is -0.460. The number of amides is 1. The van der Waals surface area contributed by atoms with Gasteiger partial charge in [-0.05, 0) is 55.2 Å². The summed E-state index contributed by atoms with van der Waals surface area (Å²) in [6, 6.07) is 9.15. The van der Waals surface area contributed by atoms with E-state index in [4.69, 9.17) is 9.15 Å². The molecular weight excluding hydrogens is 474 g/mol. The van der Waals surface area contributed by atoms with Crippen molar-refractivity contribution in [1.29, 1.82) is 0 Å². The van der Waals surface area contributed by atoms with Crippen LogP contribution in [0.5, 0.6) is 11.5 Å². The highest BCUT2D eigenvalue weighted by molar-refractivity contribution is 6.00. The molecule has 0 aliphatic rings. The molecule has 2 unspecified atom stereocenters. The lowest BCUT2D eigenvalue weighted by molar-refractivity contribution is 0.0811. The molecule has 0 fully saturated rings. The lowest BCUT2D eigenvalue weighted by atomic mass is 9.72. The van der Waals surface area contributed by atoms with Crippen molar-refractivity contribution in [1.82, 2.24) is 0 Å². The minimum Gasteiger partial charge on any atom is -0.507 e. The summed E-state index contributed by atoms with van der Waals surface area (Å²) in [5, 5.41) is 10.6. The summed E-state index contributed by atoms with van der Waals surface area (Å²) in [5.41, 5.74) is -0.634. The molecule has 0 saturated heterocycles. The van der Waals surface area contributed by atoms with E-state index in [1.165, 1.54) is 19.4 Å². The van der Waals surface area contributed by atoms with Crippen LogP contribution in [-0.4, -0.2) is 36.9 Å². The SMILES string of the molecule is CCCOc1cccc(CC(C)(C)C(C)C(=O)c2c(O)cc(C(C)CCCC=NC(=O)OC)oc2=O)c1. The van der Waals surface area contributed by atoms with Crippen LogP contribution in [0.3, 0.4) is 0 Å². The topological polar surface area (TPSA) is 115 Å². The van der Waals surface area contributed by atoms with Crippen molar-refractivity contribution in [2.75, 3.05) is 13.7 Å². The standard InChI is InChI=1S/C29H39NO7/c1-7-15-36-22-13-10-12-21(16-22)18-29(4,5)20(3)26(32)25-23(31)17-24(37-27(25)33)19(2)11-8-9-14-30-28(34)35-6/h10,12-14,16-17,19-20,31H,7-9,11,15,18H2,1-6H3. The first-order chi connectivity index (χ1) is 17.5. The lowest BCUT2D eigenvalue weighted by Gasteiger charge is -2.31. The van der Waals surface area contributed by atoms with Gasteiger partial charge in [-0.1, -0.05) is 46.8 Å². The number of aliphatic imine (C=N–C) groups is 1. The molecule has 1 N–H and O–H groups in total. The summed E-state index contributed by atoms with van der Waals surface area (Å²) < 4.78 is 15.6. The van der Waals surface area contributed by atoms with Gasteiger partial charge in [0.1, 0.15) is 22.8 Å². The molecule has 0 spiro atoms. The van der Waals surface area contributed by atoms with Crippen LogP contribution in [0.15, 0.2) is 44.5 Å². The van der Waals surface area contributed by atoms with E-state index < -0.39 is 28.8 Å². The van der Waals surface area contributed by atoms with E-state index in [0.717, 1.165) is 17.7 Å². The van der Waals surface area contributed by atoms with Crippen molar-refractivity contribution in [2.24, 2.45) is 16.3 Å². The highest BCUT2D eigenvalue weighted by atomic mass is 16.5. The fraction of sp³-hybridized carbons (Fsp3) is 0.517. The Labute approximate surface area is 218 Å². The summed E-state index contributed by atoms with van der Waals surface area (Å²) >= 11 is 0. The first-order valence-corrected chi connectivity index (χ1v) is 12.7. The molecule has 1 amide bonds. The first kappa shape index (κ1) is 29.8. The van der Waals surface area contributed by atoms with Gasteiger partial charge < -0.3 is 19.0 Å². The molecule has 1 aromatic carbocycles. The number of unbranched alkanes of at least 4 members (excludes halogenated alkanes) is 1. The van der Waals surface area contributed by atoms with Gasteiger partial charge in [0.05, 0.1) is 13.7 Å². The summed E-state index contributed by atoms with van der Waals surface area (Å²) in [4.78, 5) is 40.7. The molecule has 0 radical (unpaired) electrons. The van der Waals surface area contributed by atoms with Gasteiger partial charge in [0.2, 0.25) is 0 Å². The number of hydrogen-bond acceptors (Lipinski definition) is 7. The van der Waals surface area contributed by atoms with Crippen LogP contribution in [0, 0.1) is 11.3 Å². The normalized spacial score (nSPS) is 13.4. The largest absolute Gasteiger partial charge is 0.507 e. The molecule has 2 rings (SSSR count). The Bertz CT molecular complexity index is 1150. The maximum Gasteiger partial charge on any atom is 0.432 e. The van der Waals surface area contributed by atoms with Crippen LogP contribution >= 0.6 is 0 Å². The van der Waals surface area contributed by atoms with Crippen LogP contribution in [0.1, 0.15) is 87.9 Å². The van der Waals surface area contributed by atoms with Gasteiger partial charge in [-0.2, -0.15) is 4.99 Å². The Morgan fingerprint density at radius 3 is 2.59 bits per heavy atom. The smallest absolute Gasteiger partial charge is 0.432 e. The predicted octanol–water partition coefficient (Wildman–Crippen LogP) is 6.33. The van der Waals surface area contributed by atoms with Crippen LogP contribution in [0.4, 0.5) is 4.79 Å². The molecule has 37 heavy (non-hydrogen) atoms. The van der Waals surface area contributed by atoms with E-state index in [1.54, 1.807) is 6.92 Å². The Morgan fingerprint density at radius 2 is 1.95 bits per heavy atom. The van der Waals surface area contributed by atoms with Crippen molar-refractivity contribution < 1.29 is 28.6 Å². The summed E-state index contributed by atoms with van der Waals surface area (Å²) in [6.07, 6.45) is 4.19. The quantitative estimate of drug-likeness (QED) is 0.189. The zero-order valence-corrected chi connectivity index (χ0v) is 22.7. The van der Waals surface area contributed by atoms with Crippen molar-refractivity contribution in [3.63, 3.8) is 0 Å². The average molecular weight is 514 g/mol. The minimum absolute atomic E-state index is 0.176. The number of carbonyl (C=O) groups excluding carboxylic acids is 2. The van der Waals surface area contributed by atoms with Gasteiger partial charge in [-0.3, -0.25) is 4.79 Å². The van der Waals surface area contributed by atoms with Gasteiger partial charge in [0.15, 0.2) is 5.78 Å². The van der Waals surface area contributed by atoms with Crippen LogP contribution in [-0.2, 0) is 11.2 Å². The zero-order valence-electron chi connectivity index (χ0n) is 22.7. The Kier molecular flexibility index (Phi) is 11.1. The number of methoxy groups -OCH3 is 1.